The molecule has 0 aliphatic carbocycles. The van der Waals surface area contributed by atoms with Crippen LogP contribution in [-0.4, -0.2) is 45.1 Å². The Balaban J connectivity index is 2.01. The van der Waals surface area contributed by atoms with Gasteiger partial charge in [0.15, 0.2) is 0 Å². The summed E-state index contributed by atoms with van der Waals surface area (Å²) in [5, 5.41) is 24.5. The predicted molar refractivity (Wildman–Crippen MR) is 120 cm³/mol. The van der Waals surface area contributed by atoms with Gasteiger partial charge in [-0.05, 0) is 24.3 Å². The predicted octanol–water partition coefficient (Wildman–Crippen LogP) is 4.99. The monoisotopic (exact) mass is 450 g/mol. The van der Waals surface area contributed by atoms with E-state index in [9.17, 15) is 19.8 Å². The molecule has 0 atom stereocenters. The minimum atomic E-state index is -0.357. The highest BCUT2D eigenvalue weighted by atomic mass is 32.2. The van der Waals surface area contributed by atoms with Crippen molar-refractivity contribution >= 4 is 35.3 Å². The maximum absolute atomic E-state index is 13.2. The highest BCUT2D eigenvalue weighted by molar-refractivity contribution is 8.25. The summed E-state index contributed by atoms with van der Waals surface area (Å²) in [6.45, 7) is 11.0. The lowest BCUT2D eigenvalue weighted by Gasteiger charge is -2.27. The summed E-state index contributed by atoms with van der Waals surface area (Å²) in [6, 6.07) is 1.58. The summed E-state index contributed by atoms with van der Waals surface area (Å²) in [5.74, 6) is -0.416. The Morgan fingerprint density at radius 3 is 1.87 bits per heavy atom. The zero-order valence-electron chi connectivity index (χ0n) is 18.2. The molecule has 0 radical (unpaired) electrons. The molecule has 2 aliphatic rings. The second-order valence-corrected chi connectivity index (χ2v) is 10.9. The van der Waals surface area contributed by atoms with Crippen LogP contribution in [0.25, 0.3) is 0 Å². The number of aromatic hydroxyl groups is 2. The number of hydrogen-bond acceptors (Lipinski definition) is 6. The van der Waals surface area contributed by atoms with Crippen LogP contribution >= 0.6 is 23.5 Å². The first-order valence-corrected chi connectivity index (χ1v) is 12.1. The lowest BCUT2D eigenvalue weighted by molar-refractivity contribution is -0.147. The molecular weight excluding hydrogens is 420 g/mol. The van der Waals surface area contributed by atoms with Gasteiger partial charge in [0.05, 0.1) is 14.0 Å². The number of nitrogens with zero attached hydrogens (tertiary/aromatic N) is 2. The number of carbonyl (C=O) groups is 2. The lowest BCUT2D eigenvalue weighted by atomic mass is 9.86. The van der Waals surface area contributed by atoms with Crippen molar-refractivity contribution in [1.29, 1.82) is 0 Å². The number of benzene rings is 1. The molecule has 2 N–H and O–H groups in total. The summed E-state index contributed by atoms with van der Waals surface area (Å²) < 4.78 is 0.525. The van der Waals surface area contributed by atoms with Crippen molar-refractivity contribution in [2.75, 3.05) is 13.1 Å². The van der Waals surface area contributed by atoms with Crippen LogP contribution in [0.3, 0.4) is 0 Å². The topological polar surface area (TPSA) is 81.1 Å². The number of phenolic OH excluding ortho intramolecular Hbond substituents is 2. The molecular formula is C22H30N2O4S2. The third-order valence-corrected chi connectivity index (χ3v) is 7.85. The van der Waals surface area contributed by atoms with Gasteiger partial charge in [0.1, 0.15) is 17.1 Å². The van der Waals surface area contributed by atoms with E-state index in [0.29, 0.717) is 32.7 Å². The molecule has 8 heteroatoms. The van der Waals surface area contributed by atoms with E-state index in [1.165, 1.54) is 23.5 Å². The van der Waals surface area contributed by atoms with Gasteiger partial charge in [-0.1, -0.05) is 71.0 Å². The minimum absolute atomic E-state index is 0.0596. The van der Waals surface area contributed by atoms with Crippen molar-refractivity contribution < 1.29 is 19.8 Å². The van der Waals surface area contributed by atoms with Crippen LogP contribution in [0.15, 0.2) is 25.7 Å². The first-order valence-electron chi connectivity index (χ1n) is 10.4. The van der Waals surface area contributed by atoms with Gasteiger partial charge in [-0.25, -0.2) is 10.0 Å². The van der Waals surface area contributed by atoms with Crippen molar-refractivity contribution in [2.45, 2.75) is 75.5 Å². The fraction of sp³-hybridized carbons (Fsp3) is 0.545. The molecule has 1 aromatic rings. The first-order chi connectivity index (χ1) is 14.1. The third-order valence-electron chi connectivity index (χ3n) is 5.23. The van der Waals surface area contributed by atoms with Crippen LogP contribution < -0.4 is 0 Å². The van der Waals surface area contributed by atoms with Gasteiger partial charge in [-0.3, -0.25) is 9.59 Å². The number of rotatable bonds is 6. The lowest BCUT2D eigenvalue weighted by Crippen LogP contribution is -2.42. The Bertz CT molecular complexity index is 877. The molecule has 1 saturated heterocycles. The Morgan fingerprint density at radius 2 is 1.40 bits per heavy atom. The quantitative estimate of drug-likeness (QED) is 0.361. The Morgan fingerprint density at radius 1 is 0.900 bits per heavy atom. The van der Waals surface area contributed by atoms with E-state index in [1.807, 2.05) is 20.8 Å². The Labute approximate surface area is 186 Å². The van der Waals surface area contributed by atoms with E-state index in [0.717, 1.165) is 25.7 Å². The van der Waals surface area contributed by atoms with Crippen LogP contribution in [0.2, 0.25) is 0 Å². The van der Waals surface area contributed by atoms with E-state index in [1.54, 1.807) is 16.1 Å². The standard InChI is InChI=1S/C22H30N2O4S2/c1-6-8-10-23-19(27)15(20(28)24(23)11-9-7-2)21-29-17-14(25)12-13(22(3,4)5)16(26)18(17)30-21/h12,25-26H,6-11H2,1-5H3. The molecule has 0 spiro atoms. The fourth-order valence-corrected chi connectivity index (χ4v) is 6.09. The second-order valence-electron chi connectivity index (χ2n) is 8.63. The second kappa shape index (κ2) is 8.75. The van der Waals surface area contributed by atoms with Gasteiger partial charge >= 0.3 is 0 Å². The van der Waals surface area contributed by atoms with Crippen molar-refractivity contribution in [2.24, 2.45) is 0 Å². The first kappa shape index (κ1) is 22.9. The number of amides is 2. The van der Waals surface area contributed by atoms with Gasteiger partial charge in [0, 0.05) is 18.7 Å². The third kappa shape index (κ3) is 4.04. The molecule has 3 rings (SSSR count). The van der Waals surface area contributed by atoms with Gasteiger partial charge in [0.2, 0.25) is 0 Å². The summed E-state index contributed by atoms with van der Waals surface area (Å²) >= 11 is 2.39. The summed E-state index contributed by atoms with van der Waals surface area (Å²) in [4.78, 5) is 27.4. The molecule has 0 unspecified atom stereocenters. The molecule has 0 bridgehead atoms. The number of hydrogen-bond donors (Lipinski definition) is 2. The minimum Gasteiger partial charge on any atom is -0.507 e. The molecule has 0 aromatic heterocycles. The zero-order chi connectivity index (χ0) is 22.2. The molecule has 2 aliphatic heterocycles. The number of hydrazine groups is 1. The molecule has 6 nitrogen and oxygen atoms in total. The van der Waals surface area contributed by atoms with Gasteiger partial charge in [-0.15, -0.1) is 0 Å². The van der Waals surface area contributed by atoms with Gasteiger partial charge in [0.25, 0.3) is 11.8 Å². The maximum atomic E-state index is 13.2. The van der Waals surface area contributed by atoms with Crippen LogP contribution in [-0.2, 0) is 15.0 Å². The van der Waals surface area contributed by atoms with E-state index < -0.39 is 0 Å². The molecule has 164 valence electrons. The average Bonchev–Trinajstić information content (AvgIpc) is 3.20. The molecule has 2 heterocycles. The van der Waals surface area contributed by atoms with Crippen molar-refractivity contribution in [3.05, 3.63) is 21.4 Å². The zero-order valence-corrected chi connectivity index (χ0v) is 19.9. The van der Waals surface area contributed by atoms with Gasteiger partial charge < -0.3 is 10.2 Å². The Hall–Kier alpha value is -1.80. The van der Waals surface area contributed by atoms with E-state index in [4.69, 9.17) is 0 Å². The van der Waals surface area contributed by atoms with E-state index in [-0.39, 0.29) is 34.3 Å². The van der Waals surface area contributed by atoms with E-state index >= 15 is 0 Å². The molecule has 1 aromatic carbocycles. The highest BCUT2D eigenvalue weighted by Crippen LogP contribution is 2.60. The smallest absolute Gasteiger partial charge is 0.279 e. The fourth-order valence-electron chi connectivity index (χ4n) is 3.49. The number of fused-ring (bicyclic) bond motifs is 1. The molecule has 2 amide bonds. The molecule has 0 saturated carbocycles. The number of phenols is 2. The number of thioether (sulfide) groups is 2. The molecule has 30 heavy (non-hydrogen) atoms. The Kier molecular flexibility index (Phi) is 6.67. The SMILES string of the molecule is CCCCN1C(=O)C(=C2Sc3c(O)cc(C(C)(C)C)c(O)c3S2)C(=O)N1CCCC. The van der Waals surface area contributed by atoms with Crippen LogP contribution in [0, 0.1) is 0 Å². The van der Waals surface area contributed by atoms with Crippen LogP contribution in [0.5, 0.6) is 11.5 Å². The van der Waals surface area contributed by atoms with Crippen molar-refractivity contribution in [3.63, 3.8) is 0 Å². The van der Waals surface area contributed by atoms with Crippen LogP contribution in [0.1, 0.15) is 65.9 Å². The summed E-state index contributed by atoms with van der Waals surface area (Å²) in [5.41, 5.74) is 0.422. The number of carbonyl (C=O) groups excluding carboxylic acids is 2. The highest BCUT2D eigenvalue weighted by Gasteiger charge is 2.44. The largest absolute Gasteiger partial charge is 0.507 e. The van der Waals surface area contributed by atoms with Crippen molar-refractivity contribution in [1.82, 2.24) is 10.0 Å². The maximum Gasteiger partial charge on any atom is 0.279 e. The number of unbranched alkanes of at least 4 members (excludes halogenated alkanes) is 2. The summed E-state index contributed by atoms with van der Waals surface area (Å²) in [6.07, 6.45) is 3.50. The molecule has 1 fully saturated rings. The normalized spacial score (nSPS) is 16.8. The summed E-state index contributed by atoms with van der Waals surface area (Å²) in [7, 11) is 0. The van der Waals surface area contributed by atoms with Gasteiger partial charge in [-0.2, -0.15) is 0 Å². The average molecular weight is 451 g/mol. The van der Waals surface area contributed by atoms with E-state index in [2.05, 4.69) is 13.8 Å². The van der Waals surface area contributed by atoms with Crippen molar-refractivity contribution in [3.8, 4) is 11.5 Å². The van der Waals surface area contributed by atoms with Crippen LogP contribution in [0.4, 0.5) is 0 Å².